The van der Waals surface area contributed by atoms with Gasteiger partial charge >= 0.3 is 0 Å². The molecule has 0 radical (unpaired) electrons. The highest BCUT2D eigenvalue weighted by Gasteiger charge is 2.42. The maximum Gasteiger partial charge on any atom is 0.112 e. The summed E-state index contributed by atoms with van der Waals surface area (Å²) in [6, 6.07) is 0. The van der Waals surface area contributed by atoms with E-state index in [4.69, 9.17) is 9.84 Å². The summed E-state index contributed by atoms with van der Waals surface area (Å²) in [6.45, 7) is 0. The highest BCUT2D eigenvalue weighted by molar-refractivity contribution is 4.93. The minimum absolute atomic E-state index is 0.0245. The molecule has 0 bridgehead atoms. The number of ether oxygens (including phenoxy) is 1. The van der Waals surface area contributed by atoms with Crippen LogP contribution in [0, 0.1) is 0 Å². The Morgan fingerprint density at radius 3 is 2.08 bits per heavy atom. The third-order valence-corrected chi connectivity index (χ3v) is 2.22. The second-order valence-electron chi connectivity index (χ2n) is 3.05. The Balaban J connectivity index is 2.65. The summed E-state index contributed by atoms with van der Waals surface area (Å²) in [5.41, 5.74) is 0. The third-order valence-electron chi connectivity index (χ3n) is 2.22. The van der Waals surface area contributed by atoms with E-state index in [0.29, 0.717) is 0 Å². The van der Waals surface area contributed by atoms with Gasteiger partial charge in [-0.2, -0.15) is 0 Å². The van der Waals surface area contributed by atoms with Crippen molar-refractivity contribution >= 4 is 0 Å². The van der Waals surface area contributed by atoms with Crippen molar-refractivity contribution in [1.82, 2.24) is 0 Å². The summed E-state index contributed by atoms with van der Waals surface area (Å²) in [4.78, 5) is 0. The van der Waals surface area contributed by atoms with E-state index in [0.717, 1.165) is 0 Å². The molecule has 0 aromatic rings. The second-order valence-corrected chi connectivity index (χ2v) is 3.05. The zero-order chi connectivity index (χ0) is 9.30. The first-order valence-electron chi connectivity index (χ1n) is 3.83. The Bertz CT molecular complexity index is 151. The Morgan fingerprint density at radius 2 is 1.58 bits per heavy atom. The summed E-state index contributed by atoms with van der Waals surface area (Å²) < 4.78 is 4.76. The van der Waals surface area contributed by atoms with Crippen molar-refractivity contribution in [3.63, 3.8) is 0 Å². The molecule has 1 saturated carbocycles. The maximum atomic E-state index is 9.28. The van der Waals surface area contributed by atoms with Crippen LogP contribution in [0.15, 0.2) is 0 Å². The Labute approximate surface area is 70.2 Å². The van der Waals surface area contributed by atoms with E-state index in [1.165, 1.54) is 7.11 Å². The average Bonchev–Trinajstić information content (AvgIpc) is 2.01. The summed E-state index contributed by atoms with van der Waals surface area (Å²) in [7, 11) is 1.33. The summed E-state index contributed by atoms with van der Waals surface area (Å²) in [5.74, 6) is 0. The predicted octanol–water partition coefficient (Wildman–Crippen LogP) is -2.15. The van der Waals surface area contributed by atoms with Crippen LogP contribution in [0.1, 0.15) is 6.42 Å². The van der Waals surface area contributed by atoms with Crippen molar-refractivity contribution in [2.75, 3.05) is 7.11 Å². The van der Waals surface area contributed by atoms with E-state index in [1.54, 1.807) is 0 Å². The number of aliphatic hydroxyl groups excluding tert-OH is 4. The molecule has 4 N–H and O–H groups in total. The van der Waals surface area contributed by atoms with Crippen LogP contribution in [0.3, 0.4) is 0 Å². The van der Waals surface area contributed by atoms with E-state index in [-0.39, 0.29) is 6.42 Å². The van der Waals surface area contributed by atoms with Gasteiger partial charge in [-0.15, -0.1) is 0 Å². The molecule has 3 unspecified atom stereocenters. The fourth-order valence-corrected chi connectivity index (χ4v) is 1.47. The molecule has 0 spiro atoms. The molecule has 1 rings (SSSR count). The normalized spacial score (nSPS) is 49.2. The zero-order valence-corrected chi connectivity index (χ0v) is 6.79. The number of hydrogen-bond donors (Lipinski definition) is 4. The standard InChI is InChI=1S/C7H14O5/c1-12-7-4(9)2-3(8)5(10)6(7)11/h3-11H,2H2,1H3/t3-,4?,5?,6?,7+/m1/s1. The molecule has 1 aliphatic rings. The van der Waals surface area contributed by atoms with Crippen LogP contribution >= 0.6 is 0 Å². The highest BCUT2D eigenvalue weighted by Crippen LogP contribution is 2.22. The average molecular weight is 178 g/mol. The molecule has 0 aliphatic heterocycles. The van der Waals surface area contributed by atoms with Crippen molar-refractivity contribution < 1.29 is 25.2 Å². The van der Waals surface area contributed by atoms with Gasteiger partial charge in [0.1, 0.15) is 18.3 Å². The fourth-order valence-electron chi connectivity index (χ4n) is 1.47. The molecule has 1 aliphatic carbocycles. The van der Waals surface area contributed by atoms with Gasteiger partial charge in [-0.1, -0.05) is 0 Å². The van der Waals surface area contributed by atoms with E-state index < -0.39 is 30.5 Å². The molecule has 5 atom stereocenters. The minimum atomic E-state index is -1.24. The van der Waals surface area contributed by atoms with E-state index >= 15 is 0 Å². The predicted molar refractivity (Wildman–Crippen MR) is 39.4 cm³/mol. The Morgan fingerprint density at radius 1 is 1.00 bits per heavy atom. The lowest BCUT2D eigenvalue weighted by Gasteiger charge is -2.37. The van der Waals surface area contributed by atoms with Gasteiger partial charge in [-0.3, -0.25) is 0 Å². The first-order valence-corrected chi connectivity index (χ1v) is 3.83. The first-order chi connectivity index (χ1) is 5.57. The van der Waals surface area contributed by atoms with Crippen LogP contribution in [0.5, 0.6) is 0 Å². The highest BCUT2D eigenvalue weighted by atomic mass is 16.5. The van der Waals surface area contributed by atoms with Crippen LogP contribution in [0.2, 0.25) is 0 Å². The summed E-state index contributed by atoms with van der Waals surface area (Å²) >= 11 is 0. The van der Waals surface area contributed by atoms with Gasteiger partial charge in [0.05, 0.1) is 12.2 Å². The topological polar surface area (TPSA) is 90.2 Å². The van der Waals surface area contributed by atoms with E-state index in [9.17, 15) is 15.3 Å². The molecule has 0 amide bonds. The van der Waals surface area contributed by atoms with Gasteiger partial charge in [0.25, 0.3) is 0 Å². The monoisotopic (exact) mass is 178 g/mol. The minimum Gasteiger partial charge on any atom is -0.390 e. The molecule has 5 nitrogen and oxygen atoms in total. The van der Waals surface area contributed by atoms with Gasteiger partial charge in [0, 0.05) is 13.5 Å². The molecular weight excluding hydrogens is 164 g/mol. The lowest BCUT2D eigenvalue weighted by Crippen LogP contribution is -2.56. The molecule has 1 fully saturated rings. The molecule has 5 heteroatoms. The van der Waals surface area contributed by atoms with Crippen LogP contribution in [0.4, 0.5) is 0 Å². The Kier molecular flexibility index (Phi) is 3.03. The molecule has 0 aromatic carbocycles. The zero-order valence-electron chi connectivity index (χ0n) is 6.79. The van der Waals surface area contributed by atoms with Crippen LogP contribution in [0.25, 0.3) is 0 Å². The molecule has 0 aromatic heterocycles. The maximum absolute atomic E-state index is 9.28. The smallest absolute Gasteiger partial charge is 0.112 e. The second kappa shape index (κ2) is 3.68. The summed E-state index contributed by atoms with van der Waals surface area (Å²) in [5, 5.41) is 36.8. The van der Waals surface area contributed by atoms with Gasteiger partial charge in [-0.25, -0.2) is 0 Å². The SMILES string of the molecule is CO[C@H]1C(O)C[C@@H](O)C(O)C1O. The quantitative estimate of drug-likeness (QED) is 0.367. The number of rotatable bonds is 1. The van der Waals surface area contributed by atoms with Crippen molar-refractivity contribution in [2.45, 2.75) is 36.9 Å². The van der Waals surface area contributed by atoms with Crippen molar-refractivity contribution in [3.05, 3.63) is 0 Å². The molecule has 72 valence electrons. The lowest BCUT2D eigenvalue weighted by molar-refractivity contribution is -0.185. The third kappa shape index (κ3) is 1.60. The first kappa shape index (κ1) is 9.88. The van der Waals surface area contributed by atoms with Gasteiger partial charge in [0.15, 0.2) is 0 Å². The van der Waals surface area contributed by atoms with Crippen molar-refractivity contribution in [1.29, 1.82) is 0 Å². The Hall–Kier alpha value is -0.200. The van der Waals surface area contributed by atoms with E-state index in [2.05, 4.69) is 0 Å². The number of methoxy groups -OCH3 is 1. The van der Waals surface area contributed by atoms with Crippen LogP contribution < -0.4 is 0 Å². The van der Waals surface area contributed by atoms with Gasteiger partial charge in [0.2, 0.25) is 0 Å². The van der Waals surface area contributed by atoms with Gasteiger partial charge < -0.3 is 25.2 Å². The molecule has 0 saturated heterocycles. The number of hydrogen-bond acceptors (Lipinski definition) is 5. The molecule has 0 heterocycles. The fraction of sp³-hybridized carbons (Fsp3) is 1.00. The molecule has 12 heavy (non-hydrogen) atoms. The van der Waals surface area contributed by atoms with Crippen LogP contribution in [-0.4, -0.2) is 58.1 Å². The van der Waals surface area contributed by atoms with Crippen molar-refractivity contribution in [3.8, 4) is 0 Å². The number of aliphatic hydroxyl groups is 4. The largest absolute Gasteiger partial charge is 0.390 e. The van der Waals surface area contributed by atoms with Crippen LogP contribution in [-0.2, 0) is 4.74 Å². The molecular formula is C7H14O5. The summed E-state index contributed by atoms with van der Waals surface area (Å²) in [6.07, 6.45) is -5.27. The van der Waals surface area contributed by atoms with Crippen molar-refractivity contribution in [2.24, 2.45) is 0 Å². The van der Waals surface area contributed by atoms with E-state index in [1.807, 2.05) is 0 Å². The van der Waals surface area contributed by atoms with Gasteiger partial charge in [-0.05, 0) is 0 Å². The lowest BCUT2D eigenvalue weighted by atomic mass is 9.87.